The lowest BCUT2D eigenvalue weighted by molar-refractivity contribution is -0.218. The molecule has 3 rings (SSSR count). The molecule has 0 heterocycles. The molecular weight excluding hydrogens is 354 g/mol. The molecule has 2 bridgehead atoms. The summed E-state index contributed by atoms with van der Waals surface area (Å²) in [5, 5.41) is 0. The molecule has 0 aromatic rings. The maximum atomic E-state index is 13.8. The molecule has 158 valence electrons. The summed E-state index contributed by atoms with van der Waals surface area (Å²) < 4.78 is 17.6. The van der Waals surface area contributed by atoms with E-state index in [1.807, 2.05) is 14.0 Å². The smallest absolute Gasteiger partial charge is 0.226 e. The minimum atomic E-state index is -0.680. The molecule has 0 aromatic carbocycles. The van der Waals surface area contributed by atoms with E-state index in [1.165, 1.54) is 0 Å². The Labute approximate surface area is 170 Å². The van der Waals surface area contributed by atoms with E-state index in [4.69, 9.17) is 20.8 Å². The number of hydrogen-bond donors (Lipinski definition) is 0. The molecule has 0 amide bonds. The topological polar surface area (TPSA) is 49.1 Å². The summed E-state index contributed by atoms with van der Waals surface area (Å²) in [7, 11) is 3.45. The van der Waals surface area contributed by atoms with Crippen molar-refractivity contribution in [3.05, 3.63) is 11.4 Å². The predicted molar refractivity (Wildman–Crippen MR) is 108 cm³/mol. The van der Waals surface area contributed by atoms with Gasteiger partial charge < -0.3 is 19.1 Å². The van der Waals surface area contributed by atoms with Crippen LogP contribution in [0.1, 0.15) is 59.8 Å². The van der Waals surface area contributed by atoms with Gasteiger partial charge in [-0.1, -0.05) is 20.8 Å². The van der Waals surface area contributed by atoms with Gasteiger partial charge in [0.25, 0.3) is 0 Å². The predicted octanol–water partition coefficient (Wildman–Crippen LogP) is 4.36. The Balaban J connectivity index is 2.19. The van der Waals surface area contributed by atoms with E-state index in [2.05, 4.69) is 25.6 Å². The van der Waals surface area contributed by atoms with Crippen LogP contribution in [-0.2, 0) is 19.0 Å². The molecule has 0 radical (unpaired) electrons. The SMILES string of the molecule is [C-]#[N+]C[C@]1(C)C[C@@H](OCOC)[C@@]2(C)C3C(OC)CCC3(CC[C@H]2C)[C@@H](C)C1=O. The van der Waals surface area contributed by atoms with Crippen molar-refractivity contribution >= 4 is 5.78 Å². The Bertz CT molecular complexity index is 645. The van der Waals surface area contributed by atoms with Crippen molar-refractivity contribution in [1.82, 2.24) is 0 Å². The Kier molecular flexibility index (Phi) is 5.98. The summed E-state index contributed by atoms with van der Waals surface area (Å²) in [6.07, 6.45) is 4.78. The number of ether oxygens (including phenoxy) is 3. The molecule has 3 saturated carbocycles. The van der Waals surface area contributed by atoms with Crippen LogP contribution in [0.4, 0.5) is 0 Å². The third-order valence-corrected chi connectivity index (χ3v) is 8.96. The first-order valence-corrected chi connectivity index (χ1v) is 10.7. The lowest BCUT2D eigenvalue weighted by Gasteiger charge is -2.61. The Morgan fingerprint density at radius 1 is 1.18 bits per heavy atom. The van der Waals surface area contributed by atoms with Gasteiger partial charge in [-0.15, -0.1) is 0 Å². The number of carbonyl (C=O) groups is 1. The van der Waals surface area contributed by atoms with Crippen molar-refractivity contribution in [2.45, 2.75) is 72.0 Å². The van der Waals surface area contributed by atoms with Crippen molar-refractivity contribution < 1.29 is 19.0 Å². The van der Waals surface area contributed by atoms with Gasteiger partial charge in [-0.2, -0.15) is 0 Å². The monoisotopic (exact) mass is 391 g/mol. The van der Waals surface area contributed by atoms with Gasteiger partial charge in [0.2, 0.25) is 6.54 Å². The fourth-order valence-electron chi connectivity index (χ4n) is 7.20. The first kappa shape index (κ1) is 21.7. The highest BCUT2D eigenvalue weighted by atomic mass is 16.7. The second-order valence-corrected chi connectivity index (χ2v) is 10.1. The zero-order valence-electron chi connectivity index (χ0n) is 18.4. The molecule has 0 aromatic heterocycles. The molecule has 0 saturated heterocycles. The molecule has 3 aliphatic carbocycles. The summed E-state index contributed by atoms with van der Waals surface area (Å²) >= 11 is 0. The van der Waals surface area contributed by atoms with Gasteiger partial charge in [-0.05, 0) is 56.3 Å². The van der Waals surface area contributed by atoms with E-state index in [0.29, 0.717) is 12.3 Å². The Hall–Kier alpha value is -0.960. The average Bonchev–Trinajstić information content (AvgIpc) is 3.07. The van der Waals surface area contributed by atoms with Crippen LogP contribution >= 0.6 is 0 Å². The van der Waals surface area contributed by atoms with Gasteiger partial charge in [0, 0.05) is 25.6 Å². The number of nitrogens with zero attached hydrogens (tertiary/aromatic N) is 1. The van der Waals surface area contributed by atoms with E-state index >= 15 is 0 Å². The van der Waals surface area contributed by atoms with Crippen LogP contribution in [0.2, 0.25) is 0 Å². The molecule has 3 unspecified atom stereocenters. The second-order valence-electron chi connectivity index (χ2n) is 10.1. The first-order valence-electron chi connectivity index (χ1n) is 10.7. The molecule has 5 nitrogen and oxygen atoms in total. The number of ketones is 1. The quantitative estimate of drug-likeness (QED) is 0.516. The number of methoxy groups -OCH3 is 2. The number of rotatable bonds is 5. The summed E-state index contributed by atoms with van der Waals surface area (Å²) in [6, 6.07) is 0. The summed E-state index contributed by atoms with van der Waals surface area (Å²) in [6.45, 7) is 16.7. The molecular formula is C23H37NO4. The Morgan fingerprint density at radius 2 is 1.86 bits per heavy atom. The summed E-state index contributed by atoms with van der Waals surface area (Å²) in [4.78, 5) is 17.4. The van der Waals surface area contributed by atoms with E-state index in [0.717, 1.165) is 25.7 Å². The maximum absolute atomic E-state index is 13.8. The lowest BCUT2D eigenvalue weighted by atomic mass is 9.44. The van der Waals surface area contributed by atoms with Crippen LogP contribution in [0.25, 0.3) is 4.85 Å². The average molecular weight is 392 g/mol. The Morgan fingerprint density at radius 3 is 2.46 bits per heavy atom. The third kappa shape index (κ3) is 2.95. The van der Waals surface area contributed by atoms with Crippen LogP contribution in [-0.4, -0.2) is 45.5 Å². The van der Waals surface area contributed by atoms with Crippen LogP contribution in [0.5, 0.6) is 0 Å². The highest BCUT2D eigenvalue weighted by molar-refractivity contribution is 5.88. The minimum Gasteiger partial charge on any atom is -0.381 e. The van der Waals surface area contributed by atoms with Crippen LogP contribution in [0.15, 0.2) is 0 Å². The normalized spacial score (nSPS) is 48.5. The fraction of sp³-hybridized carbons (Fsp3) is 0.913. The van der Waals surface area contributed by atoms with Crippen LogP contribution in [0, 0.1) is 40.6 Å². The molecule has 0 aliphatic heterocycles. The number of hydrogen-bond acceptors (Lipinski definition) is 4. The number of carbonyl (C=O) groups excluding carboxylic acids is 1. The first-order chi connectivity index (χ1) is 13.2. The van der Waals surface area contributed by atoms with Gasteiger partial charge in [0.05, 0.1) is 12.2 Å². The highest BCUT2D eigenvalue weighted by Crippen LogP contribution is 2.68. The van der Waals surface area contributed by atoms with Crippen molar-refractivity contribution in [1.29, 1.82) is 0 Å². The third-order valence-electron chi connectivity index (χ3n) is 8.96. The van der Waals surface area contributed by atoms with Crippen molar-refractivity contribution in [2.75, 3.05) is 27.6 Å². The fourth-order valence-corrected chi connectivity index (χ4v) is 7.20. The van der Waals surface area contributed by atoms with E-state index in [9.17, 15) is 4.79 Å². The van der Waals surface area contributed by atoms with Crippen molar-refractivity contribution in [3.63, 3.8) is 0 Å². The minimum absolute atomic E-state index is 0.0559. The molecule has 28 heavy (non-hydrogen) atoms. The standard InChI is InChI=1S/C23H37NO4/c1-15-8-10-23-11-9-17(27-7)19(23)22(15,4)18(28-14-26-6)12-21(3,13-24-5)20(25)16(23)2/h15-19H,8-14H2,1-4,6-7H3/t15-,16+,17?,18-,19?,21+,22+,23?/m1/s1. The highest BCUT2D eigenvalue weighted by Gasteiger charge is 2.68. The van der Waals surface area contributed by atoms with E-state index in [1.54, 1.807) is 7.11 Å². The van der Waals surface area contributed by atoms with Gasteiger partial charge in [-0.25, -0.2) is 6.57 Å². The zero-order chi connectivity index (χ0) is 20.7. The van der Waals surface area contributed by atoms with Crippen LogP contribution < -0.4 is 0 Å². The summed E-state index contributed by atoms with van der Waals surface area (Å²) in [5.74, 6) is 0.931. The molecule has 0 N–H and O–H groups in total. The zero-order valence-corrected chi connectivity index (χ0v) is 18.4. The second kappa shape index (κ2) is 7.70. The molecule has 3 fully saturated rings. The summed E-state index contributed by atoms with van der Waals surface area (Å²) in [5.41, 5.74) is -0.857. The largest absolute Gasteiger partial charge is 0.381 e. The van der Waals surface area contributed by atoms with E-state index < -0.39 is 5.41 Å². The van der Waals surface area contributed by atoms with Crippen molar-refractivity contribution in [3.8, 4) is 0 Å². The van der Waals surface area contributed by atoms with Gasteiger partial charge in [-0.3, -0.25) is 4.79 Å². The number of Topliss-reactive ketones (excluding diaryl/α,β-unsaturated/α-hetero) is 1. The van der Waals surface area contributed by atoms with Crippen molar-refractivity contribution in [2.24, 2.45) is 34.0 Å². The molecule has 5 heteroatoms. The van der Waals surface area contributed by atoms with Gasteiger partial charge in [0.1, 0.15) is 18.0 Å². The van der Waals surface area contributed by atoms with Crippen LogP contribution in [0.3, 0.4) is 0 Å². The van der Waals surface area contributed by atoms with E-state index in [-0.39, 0.29) is 54.0 Å². The van der Waals surface area contributed by atoms with Gasteiger partial charge >= 0.3 is 0 Å². The lowest BCUT2D eigenvalue weighted by Crippen LogP contribution is -2.63. The van der Waals surface area contributed by atoms with Gasteiger partial charge in [0.15, 0.2) is 0 Å². The molecule has 0 spiro atoms. The molecule has 3 aliphatic rings. The molecule has 8 atom stereocenters. The maximum Gasteiger partial charge on any atom is 0.226 e.